The number of rotatable bonds is 3. The molecule has 1 heterocycles. The molecule has 0 saturated carbocycles. The quantitative estimate of drug-likeness (QED) is 0.225. The molecule has 3 aromatic rings. The SMILES string of the molecule is C/C(=N/NC(=S)Nc1cccc(C)c1)c1ccc2c(c1)Nc1ccccc1S2. The zero-order valence-corrected chi connectivity index (χ0v) is 17.2. The van der Waals surface area contributed by atoms with Gasteiger partial charge in [-0.2, -0.15) is 5.10 Å². The Kier molecular flexibility index (Phi) is 5.32. The lowest BCUT2D eigenvalue weighted by Gasteiger charge is -2.21. The number of hydrogen-bond donors (Lipinski definition) is 3. The summed E-state index contributed by atoms with van der Waals surface area (Å²) in [5.74, 6) is 0. The van der Waals surface area contributed by atoms with Crippen LogP contribution in [0.3, 0.4) is 0 Å². The van der Waals surface area contributed by atoms with Gasteiger partial charge in [-0.25, -0.2) is 0 Å². The summed E-state index contributed by atoms with van der Waals surface area (Å²) < 4.78 is 0. The normalized spacial score (nSPS) is 12.4. The number of para-hydroxylation sites is 1. The predicted molar refractivity (Wildman–Crippen MR) is 123 cm³/mol. The van der Waals surface area contributed by atoms with Crippen LogP contribution in [0.25, 0.3) is 0 Å². The summed E-state index contributed by atoms with van der Waals surface area (Å²) in [5.41, 5.74) is 9.17. The van der Waals surface area contributed by atoms with Crippen LogP contribution in [0.5, 0.6) is 0 Å². The third-order valence-corrected chi connectivity index (χ3v) is 5.72. The molecule has 4 rings (SSSR count). The van der Waals surface area contributed by atoms with Gasteiger partial charge in [-0.3, -0.25) is 5.43 Å². The molecule has 1 aliphatic rings. The topological polar surface area (TPSA) is 48.5 Å². The Morgan fingerprint density at radius 2 is 1.79 bits per heavy atom. The maximum Gasteiger partial charge on any atom is 0.191 e. The zero-order chi connectivity index (χ0) is 19.5. The van der Waals surface area contributed by atoms with Gasteiger partial charge in [-0.15, -0.1) is 0 Å². The summed E-state index contributed by atoms with van der Waals surface area (Å²) in [5, 5.41) is 11.6. The number of anilines is 3. The van der Waals surface area contributed by atoms with E-state index in [-0.39, 0.29) is 0 Å². The molecular weight excluding hydrogens is 384 g/mol. The van der Waals surface area contributed by atoms with Crippen molar-refractivity contribution in [2.24, 2.45) is 5.10 Å². The maximum absolute atomic E-state index is 5.34. The van der Waals surface area contributed by atoms with Crippen LogP contribution in [0.15, 0.2) is 81.6 Å². The molecule has 140 valence electrons. The van der Waals surface area contributed by atoms with Crippen molar-refractivity contribution in [3.05, 3.63) is 77.9 Å². The van der Waals surface area contributed by atoms with Crippen LogP contribution in [-0.4, -0.2) is 10.8 Å². The van der Waals surface area contributed by atoms with Gasteiger partial charge >= 0.3 is 0 Å². The van der Waals surface area contributed by atoms with Crippen LogP contribution >= 0.6 is 24.0 Å². The molecule has 0 unspecified atom stereocenters. The smallest absolute Gasteiger partial charge is 0.191 e. The largest absolute Gasteiger partial charge is 0.354 e. The first kappa shape index (κ1) is 18.5. The van der Waals surface area contributed by atoms with Crippen molar-refractivity contribution in [3.8, 4) is 0 Å². The van der Waals surface area contributed by atoms with E-state index in [0.29, 0.717) is 5.11 Å². The van der Waals surface area contributed by atoms with E-state index in [9.17, 15) is 0 Å². The fourth-order valence-corrected chi connectivity index (χ4v) is 4.08. The highest BCUT2D eigenvalue weighted by Crippen LogP contribution is 2.44. The first-order valence-electron chi connectivity index (χ1n) is 8.95. The highest BCUT2D eigenvalue weighted by Gasteiger charge is 2.15. The lowest BCUT2D eigenvalue weighted by Crippen LogP contribution is -2.25. The van der Waals surface area contributed by atoms with Gasteiger partial charge < -0.3 is 10.6 Å². The number of hydrogen-bond acceptors (Lipinski definition) is 4. The number of thiocarbonyl (C=S) groups is 1. The van der Waals surface area contributed by atoms with Crippen LogP contribution in [0.4, 0.5) is 17.1 Å². The summed E-state index contributed by atoms with van der Waals surface area (Å²) in [6.45, 7) is 4.01. The van der Waals surface area contributed by atoms with E-state index in [4.69, 9.17) is 12.2 Å². The number of nitrogens with one attached hydrogen (secondary N) is 3. The van der Waals surface area contributed by atoms with Crippen molar-refractivity contribution in [2.75, 3.05) is 10.6 Å². The highest BCUT2D eigenvalue weighted by atomic mass is 32.2. The number of hydrazone groups is 1. The van der Waals surface area contributed by atoms with Crippen LogP contribution in [0, 0.1) is 6.92 Å². The molecule has 0 aliphatic carbocycles. The first-order chi connectivity index (χ1) is 13.6. The Morgan fingerprint density at radius 3 is 2.64 bits per heavy atom. The molecule has 1 aliphatic heterocycles. The minimum absolute atomic E-state index is 0.463. The van der Waals surface area contributed by atoms with E-state index in [1.54, 1.807) is 11.8 Å². The summed E-state index contributed by atoms with van der Waals surface area (Å²) >= 11 is 7.12. The summed E-state index contributed by atoms with van der Waals surface area (Å²) in [4.78, 5) is 2.45. The molecule has 0 amide bonds. The van der Waals surface area contributed by atoms with Crippen molar-refractivity contribution >= 4 is 51.9 Å². The summed E-state index contributed by atoms with van der Waals surface area (Å²) in [7, 11) is 0. The van der Waals surface area contributed by atoms with Gasteiger partial charge in [0.05, 0.1) is 17.1 Å². The summed E-state index contributed by atoms with van der Waals surface area (Å²) in [6.07, 6.45) is 0. The predicted octanol–water partition coefficient (Wildman–Crippen LogP) is 5.91. The number of benzene rings is 3. The minimum Gasteiger partial charge on any atom is -0.354 e. The molecular formula is C22H20N4S2. The average molecular weight is 405 g/mol. The molecule has 6 heteroatoms. The number of nitrogens with zero attached hydrogens (tertiary/aromatic N) is 1. The van der Waals surface area contributed by atoms with E-state index < -0.39 is 0 Å². The molecule has 3 aromatic carbocycles. The van der Waals surface area contributed by atoms with Crippen molar-refractivity contribution in [2.45, 2.75) is 23.6 Å². The van der Waals surface area contributed by atoms with Crippen molar-refractivity contribution in [1.82, 2.24) is 5.43 Å². The van der Waals surface area contributed by atoms with Gasteiger partial charge in [0, 0.05) is 15.5 Å². The van der Waals surface area contributed by atoms with Crippen LogP contribution in [0.1, 0.15) is 18.1 Å². The van der Waals surface area contributed by atoms with Gasteiger partial charge in [0.25, 0.3) is 0 Å². The Morgan fingerprint density at radius 1 is 0.964 bits per heavy atom. The first-order valence-corrected chi connectivity index (χ1v) is 10.2. The van der Waals surface area contributed by atoms with Crippen LogP contribution in [-0.2, 0) is 0 Å². The fraction of sp³-hybridized carbons (Fsp3) is 0.0909. The van der Waals surface area contributed by atoms with Crippen LogP contribution in [0.2, 0.25) is 0 Å². The Bertz CT molecular complexity index is 1080. The van der Waals surface area contributed by atoms with Gasteiger partial charge in [0.15, 0.2) is 5.11 Å². The van der Waals surface area contributed by atoms with E-state index in [1.165, 1.54) is 15.4 Å². The van der Waals surface area contributed by atoms with E-state index in [2.05, 4.69) is 57.6 Å². The standard InChI is InChI=1S/C22H20N4S2/c1-14-6-5-7-17(12-14)23-22(27)26-25-15(2)16-10-11-21-19(13-16)24-18-8-3-4-9-20(18)28-21/h3-13,24H,1-2H3,(H2,23,26,27)/b25-15-. The van der Waals surface area contributed by atoms with Gasteiger partial charge in [-0.1, -0.05) is 42.1 Å². The molecule has 0 fully saturated rings. The van der Waals surface area contributed by atoms with Crippen molar-refractivity contribution in [1.29, 1.82) is 0 Å². The molecule has 0 aromatic heterocycles. The van der Waals surface area contributed by atoms with Gasteiger partial charge in [0.2, 0.25) is 0 Å². The van der Waals surface area contributed by atoms with E-state index >= 15 is 0 Å². The zero-order valence-electron chi connectivity index (χ0n) is 15.6. The molecule has 0 bridgehead atoms. The lowest BCUT2D eigenvalue weighted by molar-refractivity contribution is 1.04. The fourth-order valence-electron chi connectivity index (χ4n) is 2.95. The van der Waals surface area contributed by atoms with Crippen LogP contribution < -0.4 is 16.1 Å². The Labute approximate surface area is 174 Å². The van der Waals surface area contributed by atoms with Gasteiger partial charge in [-0.05, 0) is 73.6 Å². The number of aryl methyl sites for hydroxylation is 1. The Balaban J connectivity index is 1.45. The third kappa shape index (κ3) is 4.18. The second-order valence-corrected chi connectivity index (χ2v) is 8.06. The molecule has 0 radical (unpaired) electrons. The van der Waals surface area contributed by atoms with E-state index in [1.807, 2.05) is 44.2 Å². The molecule has 0 atom stereocenters. The van der Waals surface area contributed by atoms with Crippen molar-refractivity contribution < 1.29 is 0 Å². The van der Waals surface area contributed by atoms with E-state index in [0.717, 1.165) is 28.3 Å². The molecule has 4 nitrogen and oxygen atoms in total. The average Bonchev–Trinajstić information content (AvgIpc) is 2.70. The summed E-state index contributed by atoms with van der Waals surface area (Å²) in [6, 6.07) is 22.7. The maximum atomic E-state index is 5.34. The highest BCUT2D eigenvalue weighted by molar-refractivity contribution is 7.99. The molecule has 0 saturated heterocycles. The molecule has 28 heavy (non-hydrogen) atoms. The second-order valence-electron chi connectivity index (χ2n) is 6.57. The Hall–Kier alpha value is -2.83. The second kappa shape index (κ2) is 8.04. The molecule has 0 spiro atoms. The monoisotopic (exact) mass is 404 g/mol. The lowest BCUT2D eigenvalue weighted by atomic mass is 10.1. The van der Waals surface area contributed by atoms with Gasteiger partial charge in [0.1, 0.15) is 0 Å². The number of fused-ring (bicyclic) bond motifs is 2. The minimum atomic E-state index is 0.463. The van der Waals surface area contributed by atoms with Crippen molar-refractivity contribution in [3.63, 3.8) is 0 Å². The molecule has 3 N–H and O–H groups in total. The third-order valence-electron chi connectivity index (χ3n) is 4.37.